The zero-order valence-corrected chi connectivity index (χ0v) is 15.6. The number of hydrogen-bond donors (Lipinski definition) is 0. The van der Waals surface area contributed by atoms with Crippen molar-refractivity contribution in [3.8, 4) is 0 Å². The Hall–Kier alpha value is -2.22. The van der Waals surface area contributed by atoms with E-state index in [4.69, 9.17) is 11.8 Å². The Balaban J connectivity index is 0.000000186. The quantitative estimate of drug-likeness (QED) is 0.476. The summed E-state index contributed by atoms with van der Waals surface area (Å²) >= 11 is 5.54. The third-order valence-electron chi connectivity index (χ3n) is 3.47. The average molecular weight is 369 g/mol. The molecule has 4 heteroatoms. The molecular weight excluding hydrogens is 350 g/mol. The number of halogens is 1. The Morgan fingerprint density at radius 2 is 1.28 bits per heavy atom. The molecule has 0 amide bonds. The molecule has 3 aromatic rings. The summed E-state index contributed by atoms with van der Waals surface area (Å²) in [7, 11) is 0. The molecule has 1 nitrogen and oxygen atoms in total. The van der Waals surface area contributed by atoms with E-state index >= 15 is 0 Å². The van der Waals surface area contributed by atoms with Gasteiger partial charge >= 0.3 is 0 Å². The Bertz CT molecular complexity index is 776. The van der Waals surface area contributed by atoms with Crippen molar-refractivity contribution in [2.24, 2.45) is 0 Å². The highest BCUT2D eigenvalue weighted by molar-refractivity contribution is 8.12. The number of carbonyl (C=O) groups is 1. The highest BCUT2D eigenvalue weighted by atomic mass is 32.4. The van der Waals surface area contributed by atoms with E-state index in [-0.39, 0.29) is 11.6 Å². The van der Waals surface area contributed by atoms with Crippen LogP contribution in [0.25, 0.3) is 0 Å². The molecule has 126 valence electrons. The molecule has 0 N–H and O–H groups in total. The molecule has 0 aliphatic rings. The molecule has 0 saturated carbocycles. The van der Waals surface area contributed by atoms with Crippen LogP contribution in [0.5, 0.6) is 0 Å². The second-order valence-electron chi connectivity index (χ2n) is 5.25. The van der Waals surface area contributed by atoms with Gasteiger partial charge in [-0.3, -0.25) is 4.79 Å². The van der Waals surface area contributed by atoms with Gasteiger partial charge in [0.25, 0.3) is 0 Å². The van der Waals surface area contributed by atoms with E-state index in [1.165, 1.54) is 34.9 Å². The molecule has 0 aliphatic carbocycles. The van der Waals surface area contributed by atoms with Gasteiger partial charge in [-0.2, -0.15) is 0 Å². The zero-order valence-electron chi connectivity index (χ0n) is 13.9. The Kier molecular flexibility index (Phi) is 7.59. The minimum absolute atomic E-state index is 0.0463. The van der Waals surface area contributed by atoms with Gasteiger partial charge in [-0.1, -0.05) is 43.3 Å². The van der Waals surface area contributed by atoms with Gasteiger partial charge in [0.1, 0.15) is 5.82 Å². The summed E-state index contributed by atoms with van der Waals surface area (Å²) in [5, 5.41) is 2.51. The van der Waals surface area contributed by atoms with E-state index in [9.17, 15) is 9.18 Å². The van der Waals surface area contributed by atoms with Crippen molar-refractivity contribution in [1.29, 1.82) is 0 Å². The summed E-state index contributed by atoms with van der Waals surface area (Å²) < 4.78 is 12.3. The number of benzene rings is 3. The first kappa shape index (κ1) is 19.1. The lowest BCUT2D eigenvalue weighted by molar-refractivity contribution is 0.0988. The highest BCUT2D eigenvalue weighted by Gasteiger charge is 2.15. The van der Waals surface area contributed by atoms with Gasteiger partial charge in [-0.15, -0.1) is 0 Å². The lowest BCUT2D eigenvalue weighted by atomic mass is 10.1. The van der Waals surface area contributed by atoms with Crippen LogP contribution in [0.1, 0.15) is 23.7 Å². The molecule has 0 saturated heterocycles. The second kappa shape index (κ2) is 9.93. The fourth-order valence-corrected chi connectivity index (χ4v) is 4.03. The van der Waals surface area contributed by atoms with Crippen molar-refractivity contribution in [3.05, 3.63) is 96.3 Å². The molecule has 0 aliphatic heterocycles. The Morgan fingerprint density at radius 3 is 1.68 bits per heavy atom. The fourth-order valence-electron chi connectivity index (χ4n) is 2.12. The molecule has 0 bridgehead atoms. The van der Waals surface area contributed by atoms with Crippen LogP contribution >= 0.6 is 6.70 Å². The smallest absolute Gasteiger partial charge is 0.250 e. The van der Waals surface area contributed by atoms with Gasteiger partial charge < -0.3 is 0 Å². The first-order chi connectivity index (χ1) is 12.1. The Morgan fingerprint density at radius 1 is 0.840 bits per heavy atom. The highest BCUT2D eigenvalue weighted by Crippen LogP contribution is 2.18. The zero-order chi connectivity index (χ0) is 18.1. The molecule has 0 fully saturated rings. The van der Waals surface area contributed by atoms with Gasteiger partial charge in [-0.25, -0.2) is 4.39 Å². The summed E-state index contributed by atoms with van der Waals surface area (Å²) in [6.07, 6.45) is 0.464. The van der Waals surface area contributed by atoms with E-state index in [2.05, 4.69) is 24.3 Å². The van der Waals surface area contributed by atoms with Crippen molar-refractivity contribution in [2.75, 3.05) is 0 Å². The summed E-state index contributed by atoms with van der Waals surface area (Å²) in [5.74, 6) is -0.261. The largest absolute Gasteiger partial charge is 0.294 e. The predicted octanol–water partition coefficient (Wildman–Crippen LogP) is 5.00. The van der Waals surface area contributed by atoms with Crippen LogP contribution in [-0.2, 0) is 11.8 Å². The van der Waals surface area contributed by atoms with Crippen molar-refractivity contribution in [2.45, 2.75) is 13.3 Å². The maximum Gasteiger partial charge on any atom is 0.250 e. The minimum atomic E-state index is -0.587. The minimum Gasteiger partial charge on any atom is -0.294 e. The van der Waals surface area contributed by atoms with Gasteiger partial charge in [0, 0.05) is 12.0 Å². The number of Topliss-reactive ketones (excluding diaryl/α,β-unsaturated/α-hetero) is 1. The van der Waals surface area contributed by atoms with E-state index in [1.807, 2.05) is 36.4 Å². The van der Waals surface area contributed by atoms with Crippen LogP contribution in [0.2, 0.25) is 0 Å². The molecule has 0 unspecified atom stereocenters. The maximum absolute atomic E-state index is 12.3. The molecule has 0 aromatic heterocycles. The van der Waals surface area contributed by atoms with E-state index in [0.717, 1.165) is 0 Å². The SMILES string of the molecule is CCC(=O)c1ccc(F)cc1.S=[P+](c1ccccc1)c1ccccc1. The Labute approximate surface area is 154 Å². The second-order valence-corrected chi connectivity index (χ2v) is 7.97. The summed E-state index contributed by atoms with van der Waals surface area (Å²) in [5.41, 5.74) is 0.578. The summed E-state index contributed by atoms with van der Waals surface area (Å²) in [6, 6.07) is 26.2. The van der Waals surface area contributed by atoms with E-state index in [1.54, 1.807) is 6.92 Å². The first-order valence-electron chi connectivity index (χ1n) is 7.98. The molecule has 3 aromatic carbocycles. The summed E-state index contributed by atoms with van der Waals surface area (Å²) in [6.45, 7) is 1.20. The van der Waals surface area contributed by atoms with Crippen LogP contribution in [0.4, 0.5) is 4.39 Å². The molecule has 0 heterocycles. The van der Waals surface area contributed by atoms with E-state index in [0.29, 0.717) is 12.0 Å². The number of carbonyl (C=O) groups excluding carboxylic acids is 1. The molecular formula is C21H19FOPS+. The third kappa shape index (κ3) is 5.97. The van der Waals surface area contributed by atoms with Gasteiger partial charge in [0.05, 0.1) is 0 Å². The number of ketones is 1. The van der Waals surface area contributed by atoms with E-state index < -0.39 is 6.70 Å². The number of hydrogen-bond acceptors (Lipinski definition) is 2. The first-order valence-corrected chi connectivity index (χ1v) is 10.3. The molecule has 25 heavy (non-hydrogen) atoms. The molecule has 0 radical (unpaired) electrons. The topological polar surface area (TPSA) is 17.1 Å². The van der Waals surface area contributed by atoms with Crippen molar-refractivity contribution in [1.82, 2.24) is 0 Å². The molecule has 0 spiro atoms. The van der Waals surface area contributed by atoms with Gasteiger partial charge in [0.2, 0.25) is 6.70 Å². The van der Waals surface area contributed by atoms with Crippen molar-refractivity contribution in [3.63, 3.8) is 0 Å². The van der Waals surface area contributed by atoms with Crippen LogP contribution in [0.15, 0.2) is 84.9 Å². The summed E-state index contributed by atoms with van der Waals surface area (Å²) in [4.78, 5) is 11.0. The third-order valence-corrected chi connectivity index (χ3v) is 6.27. The normalized spacial score (nSPS) is 9.68. The fraction of sp³-hybridized carbons (Fsp3) is 0.0952. The van der Waals surface area contributed by atoms with Gasteiger partial charge in [0.15, 0.2) is 28.2 Å². The monoisotopic (exact) mass is 369 g/mol. The number of rotatable bonds is 4. The predicted molar refractivity (Wildman–Crippen MR) is 107 cm³/mol. The van der Waals surface area contributed by atoms with Crippen LogP contribution in [0, 0.1) is 5.82 Å². The van der Waals surface area contributed by atoms with Crippen molar-refractivity contribution < 1.29 is 9.18 Å². The van der Waals surface area contributed by atoms with Crippen LogP contribution in [0.3, 0.4) is 0 Å². The van der Waals surface area contributed by atoms with Gasteiger partial charge in [-0.05, 0) is 48.5 Å². The lowest BCUT2D eigenvalue weighted by Gasteiger charge is -1.95. The van der Waals surface area contributed by atoms with Crippen molar-refractivity contribution >= 4 is 34.9 Å². The molecule has 0 atom stereocenters. The average Bonchev–Trinajstić information content (AvgIpc) is 2.69. The standard InChI is InChI=1S/C12H10PS.C9H9FO/c14-13(11-7-3-1-4-8-11)12-9-5-2-6-10-12;1-2-9(11)7-3-5-8(10)6-4-7/h1-10H;3-6H,2H2,1H3/q+1;. The van der Waals surface area contributed by atoms with Crippen LogP contribution in [-0.4, -0.2) is 5.78 Å². The maximum atomic E-state index is 12.3. The lowest BCUT2D eigenvalue weighted by Crippen LogP contribution is -2.04. The molecule has 3 rings (SSSR count). The van der Waals surface area contributed by atoms with Crippen LogP contribution < -0.4 is 10.6 Å².